The second kappa shape index (κ2) is 7.76. The van der Waals surface area contributed by atoms with E-state index >= 15 is 0 Å². The molecule has 0 saturated carbocycles. The van der Waals surface area contributed by atoms with E-state index in [0.29, 0.717) is 0 Å². The van der Waals surface area contributed by atoms with Gasteiger partial charge in [-0.2, -0.15) is 5.10 Å². The molecule has 0 fully saturated rings. The average Bonchev–Trinajstić information content (AvgIpc) is 2.28. The predicted octanol–water partition coefficient (Wildman–Crippen LogP) is -0.00250. The lowest BCUT2D eigenvalue weighted by atomic mass is 10.8. The molecule has 0 aliphatic carbocycles. The van der Waals surface area contributed by atoms with E-state index in [-0.39, 0.29) is 0 Å². The van der Waals surface area contributed by atoms with Gasteiger partial charge < -0.3 is 19.6 Å². The second-order valence-electron chi connectivity index (χ2n) is 2.44. The first-order valence-electron chi connectivity index (χ1n) is 3.50. The minimum Gasteiger partial charge on any atom is -0.325 e. The van der Waals surface area contributed by atoms with Gasteiger partial charge in [-0.05, 0) is 6.07 Å². The van der Waals surface area contributed by atoms with Crippen LogP contribution in [0.3, 0.4) is 0 Å². The fourth-order valence-electron chi connectivity index (χ4n) is 0.215. The Kier molecular flexibility index (Phi) is 8.75. The molecule has 90 valence electrons. The van der Waals surface area contributed by atoms with Gasteiger partial charge in [0.15, 0.2) is 0 Å². The van der Waals surface area contributed by atoms with Crippen molar-refractivity contribution in [2.24, 2.45) is 0 Å². The molecule has 8 nitrogen and oxygen atoms in total. The third-order valence-electron chi connectivity index (χ3n) is 0.406. The Bertz CT molecular complexity index is 261. The molecular weight excluding hydrogens is 246 g/mol. The summed E-state index contributed by atoms with van der Waals surface area (Å²) in [7, 11) is -7.28. The van der Waals surface area contributed by atoms with Crippen LogP contribution in [-0.4, -0.2) is 43.1 Å². The SMILES string of the molecule is CP(=O)(O)O.CP(=O)(O)O.c1cn[nH]c1. The average molecular weight is 260 g/mol. The van der Waals surface area contributed by atoms with E-state index in [1.165, 1.54) is 0 Å². The second-order valence-corrected chi connectivity index (χ2v) is 5.78. The molecule has 10 heteroatoms. The topological polar surface area (TPSA) is 144 Å². The molecule has 0 amide bonds. The number of hydrogen-bond donors (Lipinski definition) is 5. The maximum absolute atomic E-state index is 9.33. The van der Waals surface area contributed by atoms with Gasteiger partial charge in [0.1, 0.15) is 0 Å². The van der Waals surface area contributed by atoms with Gasteiger partial charge in [-0.25, -0.2) is 0 Å². The Morgan fingerprint density at radius 1 is 1.07 bits per heavy atom. The molecule has 1 aromatic rings. The molecule has 0 aliphatic rings. The molecule has 15 heavy (non-hydrogen) atoms. The number of rotatable bonds is 0. The van der Waals surface area contributed by atoms with Gasteiger partial charge >= 0.3 is 15.2 Å². The van der Waals surface area contributed by atoms with Gasteiger partial charge in [0.25, 0.3) is 0 Å². The van der Waals surface area contributed by atoms with Crippen molar-refractivity contribution >= 4 is 15.2 Å². The lowest BCUT2D eigenvalue weighted by molar-refractivity contribution is 0.379. The van der Waals surface area contributed by atoms with E-state index in [0.717, 1.165) is 13.3 Å². The highest BCUT2D eigenvalue weighted by atomic mass is 31.2. The van der Waals surface area contributed by atoms with Crippen LogP contribution in [0.25, 0.3) is 0 Å². The minimum atomic E-state index is -3.64. The summed E-state index contributed by atoms with van der Waals surface area (Å²) >= 11 is 0. The lowest BCUT2D eigenvalue weighted by Crippen LogP contribution is -1.64. The monoisotopic (exact) mass is 260 g/mol. The number of aromatic nitrogens is 2. The zero-order valence-corrected chi connectivity index (χ0v) is 9.97. The lowest BCUT2D eigenvalue weighted by Gasteiger charge is -1.84. The van der Waals surface area contributed by atoms with Gasteiger partial charge in [-0.15, -0.1) is 0 Å². The minimum absolute atomic E-state index is 0.854. The molecule has 0 aromatic carbocycles. The van der Waals surface area contributed by atoms with Crippen molar-refractivity contribution in [3.05, 3.63) is 18.5 Å². The van der Waals surface area contributed by atoms with E-state index in [1.54, 1.807) is 12.4 Å². The highest BCUT2D eigenvalue weighted by molar-refractivity contribution is 7.51. The quantitative estimate of drug-likeness (QED) is 0.413. The summed E-state index contributed by atoms with van der Waals surface area (Å²) in [5, 5.41) is 6.21. The molecule has 0 bridgehead atoms. The molecule has 0 saturated heterocycles. The van der Waals surface area contributed by atoms with Gasteiger partial charge in [0.2, 0.25) is 0 Å². The number of nitrogens with zero attached hydrogens (tertiary/aromatic N) is 1. The van der Waals surface area contributed by atoms with Crippen LogP contribution in [0.4, 0.5) is 0 Å². The third kappa shape index (κ3) is 88.0. The Morgan fingerprint density at radius 3 is 1.47 bits per heavy atom. The summed E-state index contributed by atoms with van der Waals surface area (Å²) in [5.41, 5.74) is 0. The summed E-state index contributed by atoms with van der Waals surface area (Å²) in [6, 6.07) is 1.83. The van der Waals surface area contributed by atoms with Crippen molar-refractivity contribution in [1.82, 2.24) is 10.2 Å². The van der Waals surface area contributed by atoms with Crippen LogP contribution >= 0.6 is 15.2 Å². The van der Waals surface area contributed by atoms with Gasteiger partial charge in [-0.1, -0.05) is 0 Å². The molecule has 0 spiro atoms. The Balaban J connectivity index is 0. The molecule has 0 unspecified atom stereocenters. The van der Waals surface area contributed by atoms with Crippen LogP contribution in [-0.2, 0) is 9.13 Å². The third-order valence-corrected chi connectivity index (χ3v) is 0.406. The van der Waals surface area contributed by atoms with Gasteiger partial charge in [0.05, 0.1) is 0 Å². The largest absolute Gasteiger partial charge is 0.325 e. The van der Waals surface area contributed by atoms with Crippen molar-refractivity contribution in [3.63, 3.8) is 0 Å². The molecule has 0 radical (unpaired) electrons. The van der Waals surface area contributed by atoms with Gasteiger partial charge in [0, 0.05) is 25.7 Å². The first kappa shape index (κ1) is 16.9. The summed E-state index contributed by atoms with van der Waals surface area (Å²) in [5.74, 6) is 0. The van der Waals surface area contributed by atoms with Crippen LogP contribution in [0.15, 0.2) is 18.5 Å². The molecule has 0 aliphatic heterocycles. The standard InChI is InChI=1S/C3H4N2.2CH5O3P/c1-2-4-5-3-1;2*1-5(2,3)4/h1-3H,(H,4,5);2*1H3,(H2,2,3,4). The number of aromatic amines is 1. The van der Waals surface area contributed by atoms with Crippen molar-refractivity contribution < 1.29 is 28.7 Å². The first-order chi connectivity index (χ1) is 6.50. The van der Waals surface area contributed by atoms with E-state index in [4.69, 9.17) is 19.6 Å². The molecule has 1 rings (SSSR count). The normalized spacial score (nSPS) is 10.5. The number of nitrogens with one attached hydrogen (secondary N) is 1. The summed E-state index contributed by atoms with van der Waals surface area (Å²) in [6.45, 7) is 1.71. The van der Waals surface area contributed by atoms with Crippen LogP contribution in [0.1, 0.15) is 0 Å². The molecule has 5 N–H and O–H groups in total. The van der Waals surface area contributed by atoms with Crippen LogP contribution in [0.5, 0.6) is 0 Å². The summed E-state index contributed by atoms with van der Waals surface area (Å²) < 4.78 is 18.7. The predicted molar refractivity (Wildman–Crippen MR) is 54.5 cm³/mol. The maximum Gasteiger partial charge on any atom is 0.322 e. The van der Waals surface area contributed by atoms with Crippen molar-refractivity contribution in [2.45, 2.75) is 0 Å². The van der Waals surface area contributed by atoms with E-state index in [9.17, 15) is 9.13 Å². The smallest absolute Gasteiger partial charge is 0.322 e. The van der Waals surface area contributed by atoms with E-state index < -0.39 is 15.2 Å². The zero-order chi connectivity index (χ0) is 12.5. The van der Waals surface area contributed by atoms with Crippen molar-refractivity contribution in [3.8, 4) is 0 Å². The number of hydrogen-bond acceptors (Lipinski definition) is 3. The Hall–Kier alpha value is -0.490. The summed E-state index contributed by atoms with van der Waals surface area (Å²) in [6.07, 6.45) is 3.46. The van der Waals surface area contributed by atoms with Crippen molar-refractivity contribution in [1.29, 1.82) is 0 Å². The molecular formula is C5H14N2O6P2. The van der Waals surface area contributed by atoms with Crippen LogP contribution in [0.2, 0.25) is 0 Å². The Morgan fingerprint density at radius 2 is 1.40 bits per heavy atom. The van der Waals surface area contributed by atoms with Crippen LogP contribution in [0, 0.1) is 0 Å². The van der Waals surface area contributed by atoms with E-state index in [1.807, 2.05) is 6.07 Å². The fraction of sp³-hybridized carbons (Fsp3) is 0.400. The van der Waals surface area contributed by atoms with Crippen LogP contribution < -0.4 is 0 Å². The zero-order valence-electron chi connectivity index (χ0n) is 8.18. The molecule has 1 heterocycles. The summed E-state index contributed by atoms with van der Waals surface area (Å²) in [4.78, 5) is 30.5. The first-order valence-corrected chi connectivity index (χ1v) is 7.62. The Labute approximate surface area is 86.7 Å². The maximum atomic E-state index is 9.33. The molecule has 0 atom stereocenters. The number of H-pyrrole nitrogens is 1. The van der Waals surface area contributed by atoms with Crippen molar-refractivity contribution in [2.75, 3.05) is 13.3 Å². The molecule has 1 aromatic heterocycles. The highest BCUT2D eigenvalue weighted by Gasteiger charge is 1.96. The van der Waals surface area contributed by atoms with Gasteiger partial charge in [-0.3, -0.25) is 14.2 Å². The van der Waals surface area contributed by atoms with E-state index in [2.05, 4.69) is 10.2 Å². The highest BCUT2D eigenvalue weighted by Crippen LogP contribution is 2.27. The fourth-order valence-corrected chi connectivity index (χ4v) is 0.215.